The summed E-state index contributed by atoms with van der Waals surface area (Å²) in [6.07, 6.45) is 0. The first-order chi connectivity index (χ1) is 18.2. The molecule has 1 aliphatic heterocycles. The molecule has 11 nitrogen and oxygen atoms in total. The molecule has 0 spiro atoms. The number of nitrogens with two attached hydrogens (primary N) is 1. The van der Waals surface area contributed by atoms with Crippen molar-refractivity contribution in [1.29, 1.82) is 0 Å². The van der Waals surface area contributed by atoms with Gasteiger partial charge in [0.15, 0.2) is 11.6 Å². The third kappa shape index (κ3) is 6.38. The van der Waals surface area contributed by atoms with E-state index in [2.05, 4.69) is 20.2 Å². The van der Waals surface area contributed by atoms with E-state index in [1.165, 1.54) is 12.1 Å². The van der Waals surface area contributed by atoms with Crippen molar-refractivity contribution in [3.8, 4) is 11.3 Å². The Morgan fingerprint density at radius 3 is 2.66 bits per heavy atom. The predicted molar refractivity (Wildman–Crippen MR) is 150 cm³/mol. The molecule has 0 aliphatic carbocycles. The van der Waals surface area contributed by atoms with Crippen LogP contribution < -0.4 is 21.2 Å². The van der Waals surface area contributed by atoms with Gasteiger partial charge in [0.25, 0.3) is 0 Å². The van der Waals surface area contributed by atoms with E-state index >= 15 is 0 Å². The number of piperazine rings is 1. The van der Waals surface area contributed by atoms with Crippen LogP contribution in [0.1, 0.15) is 13.8 Å². The number of hydrogen-bond acceptors (Lipinski definition) is 9. The minimum atomic E-state index is -1.15. The lowest BCUT2D eigenvalue weighted by atomic mass is 10.1. The van der Waals surface area contributed by atoms with Crippen LogP contribution in [0.5, 0.6) is 0 Å². The molecule has 0 radical (unpaired) electrons. The zero-order chi connectivity index (χ0) is 27.4. The Morgan fingerprint density at radius 1 is 1.21 bits per heavy atom. The number of nitrogen functional groups attached to an aromatic ring is 1. The number of halogens is 2. The van der Waals surface area contributed by atoms with Crippen LogP contribution in [0.25, 0.3) is 11.3 Å². The largest absolute Gasteiger partial charge is 0.595 e. The maximum absolute atomic E-state index is 13.0. The van der Waals surface area contributed by atoms with Crippen LogP contribution in [-0.2, 0) is 4.79 Å². The van der Waals surface area contributed by atoms with Gasteiger partial charge in [-0.1, -0.05) is 30.1 Å². The van der Waals surface area contributed by atoms with Gasteiger partial charge in [0.05, 0.1) is 29.5 Å². The van der Waals surface area contributed by atoms with Crippen molar-refractivity contribution >= 4 is 63.6 Å². The molecule has 200 valence electrons. The first kappa shape index (κ1) is 27.7. The van der Waals surface area contributed by atoms with Crippen LogP contribution >= 0.6 is 23.2 Å². The van der Waals surface area contributed by atoms with Gasteiger partial charge in [-0.3, -0.25) is 9.69 Å². The molecule has 5 N–H and O–H groups in total. The SMILES string of the molecule is CCN1CCN(c2ccc(NCC(C)=Nc3ccc([NH+]([O-])O)c(N)n3)nc2-c2ccc(Cl)cc2Cl)C(=O)C1. The highest BCUT2D eigenvalue weighted by Crippen LogP contribution is 2.37. The quantitative estimate of drug-likeness (QED) is 0.243. The molecule has 13 heteroatoms. The standard InChI is InChI=1S/C25H28Cl2N8O3/c1-3-33-10-11-34(23(36)14-33)19-6-8-21(31-24(19)17-5-4-16(26)12-18(17)27)29-13-15(2)30-22-9-7-20(35(37)38)25(28)32-22/h4-9,12,35,37H,3,10-11,13-14H2,1-2H3,(H2,28,32)(H,29,31). The maximum Gasteiger partial charge on any atom is 0.241 e. The Labute approximate surface area is 230 Å². The number of carbonyl (C=O) groups excluding carboxylic acids is 1. The lowest BCUT2D eigenvalue weighted by Gasteiger charge is -2.34. The average molecular weight is 559 g/mol. The van der Waals surface area contributed by atoms with E-state index in [0.717, 1.165) is 13.1 Å². The van der Waals surface area contributed by atoms with Crippen molar-refractivity contribution in [3.05, 3.63) is 57.7 Å². The third-order valence-corrected chi connectivity index (χ3v) is 6.62. The number of likely N-dealkylation sites (N-methyl/N-ethyl adjacent to an activating group) is 1. The topological polar surface area (TPSA) is 147 Å². The van der Waals surface area contributed by atoms with E-state index in [-0.39, 0.29) is 17.4 Å². The Hall–Kier alpha value is -3.32. The van der Waals surface area contributed by atoms with Crippen LogP contribution in [0, 0.1) is 5.21 Å². The van der Waals surface area contributed by atoms with E-state index < -0.39 is 5.23 Å². The fourth-order valence-corrected chi connectivity index (χ4v) is 4.55. The van der Waals surface area contributed by atoms with Gasteiger partial charge in [-0.2, -0.15) is 5.23 Å². The Bertz CT molecular complexity index is 1370. The molecule has 2 aromatic heterocycles. The summed E-state index contributed by atoms with van der Waals surface area (Å²) in [4.78, 5) is 30.1. The number of anilines is 3. The molecule has 1 unspecified atom stereocenters. The number of benzene rings is 1. The van der Waals surface area contributed by atoms with E-state index in [9.17, 15) is 10.0 Å². The molecule has 1 saturated heterocycles. The number of nitrogens with one attached hydrogen (secondary N) is 2. The fourth-order valence-electron chi connectivity index (χ4n) is 4.06. The van der Waals surface area contributed by atoms with Crippen LogP contribution in [0.4, 0.5) is 28.8 Å². The summed E-state index contributed by atoms with van der Waals surface area (Å²) < 4.78 is 0. The first-order valence-corrected chi connectivity index (χ1v) is 12.7. The van der Waals surface area contributed by atoms with Crippen molar-refractivity contribution < 1.29 is 15.2 Å². The number of aliphatic imine (C=N–C) groups is 1. The molecule has 1 fully saturated rings. The van der Waals surface area contributed by atoms with Gasteiger partial charge in [-0.15, -0.1) is 0 Å². The van der Waals surface area contributed by atoms with Crippen molar-refractivity contribution in [2.75, 3.05) is 48.7 Å². The van der Waals surface area contributed by atoms with Gasteiger partial charge < -0.3 is 21.2 Å². The highest BCUT2D eigenvalue weighted by atomic mass is 35.5. The second-order valence-corrected chi connectivity index (χ2v) is 9.55. The number of pyridine rings is 2. The molecule has 3 heterocycles. The summed E-state index contributed by atoms with van der Waals surface area (Å²) in [6, 6.07) is 11.7. The number of quaternary nitrogens is 1. The van der Waals surface area contributed by atoms with Gasteiger partial charge in [0.2, 0.25) is 11.6 Å². The van der Waals surface area contributed by atoms with Gasteiger partial charge in [0.1, 0.15) is 5.82 Å². The van der Waals surface area contributed by atoms with E-state index in [0.29, 0.717) is 64.0 Å². The Balaban J connectivity index is 1.60. The zero-order valence-electron chi connectivity index (χ0n) is 20.9. The van der Waals surface area contributed by atoms with E-state index in [4.69, 9.17) is 39.1 Å². The number of nitrogens with zero attached hydrogens (tertiary/aromatic N) is 5. The average Bonchev–Trinajstić information content (AvgIpc) is 2.87. The molecular formula is C25H28Cl2N8O3. The second kappa shape index (κ2) is 12.0. The summed E-state index contributed by atoms with van der Waals surface area (Å²) in [6.45, 7) is 6.61. The number of carbonyl (C=O) groups is 1. The third-order valence-electron chi connectivity index (χ3n) is 6.07. The molecule has 1 aliphatic rings. The van der Waals surface area contributed by atoms with Crippen LogP contribution in [-0.4, -0.2) is 64.4 Å². The van der Waals surface area contributed by atoms with Crippen molar-refractivity contribution in [3.63, 3.8) is 0 Å². The van der Waals surface area contributed by atoms with Crippen molar-refractivity contribution in [2.45, 2.75) is 13.8 Å². The molecule has 1 aromatic carbocycles. The van der Waals surface area contributed by atoms with Crippen LogP contribution in [0.2, 0.25) is 10.0 Å². The van der Waals surface area contributed by atoms with Crippen molar-refractivity contribution in [1.82, 2.24) is 14.9 Å². The Morgan fingerprint density at radius 2 is 2.00 bits per heavy atom. The number of amides is 1. The molecule has 4 rings (SSSR count). The van der Waals surface area contributed by atoms with Crippen LogP contribution in [0.3, 0.4) is 0 Å². The fraction of sp³-hybridized carbons (Fsp3) is 0.280. The molecular weight excluding hydrogens is 531 g/mol. The zero-order valence-corrected chi connectivity index (χ0v) is 22.4. The minimum absolute atomic E-state index is 0.00406. The molecule has 0 saturated carbocycles. The van der Waals surface area contributed by atoms with Crippen LogP contribution in [0.15, 0.2) is 47.5 Å². The van der Waals surface area contributed by atoms with Gasteiger partial charge >= 0.3 is 0 Å². The molecule has 3 aromatic rings. The first-order valence-electron chi connectivity index (χ1n) is 11.9. The summed E-state index contributed by atoms with van der Waals surface area (Å²) in [5.41, 5.74) is 8.20. The normalized spacial score (nSPS) is 15.6. The minimum Gasteiger partial charge on any atom is -0.595 e. The molecule has 1 atom stereocenters. The van der Waals surface area contributed by atoms with E-state index in [1.54, 1.807) is 36.1 Å². The monoisotopic (exact) mass is 558 g/mol. The molecule has 1 amide bonds. The van der Waals surface area contributed by atoms with E-state index in [1.807, 2.05) is 13.0 Å². The lowest BCUT2D eigenvalue weighted by Crippen LogP contribution is -2.99. The van der Waals surface area contributed by atoms with Crippen molar-refractivity contribution in [2.24, 2.45) is 4.99 Å². The molecule has 38 heavy (non-hydrogen) atoms. The summed E-state index contributed by atoms with van der Waals surface area (Å²) in [5, 5.41) is 23.3. The number of rotatable bonds is 8. The summed E-state index contributed by atoms with van der Waals surface area (Å²) in [5.74, 6) is 0.748. The lowest BCUT2D eigenvalue weighted by molar-refractivity contribution is -0.990. The smallest absolute Gasteiger partial charge is 0.241 e. The van der Waals surface area contributed by atoms with Gasteiger partial charge in [-0.05, 0) is 49.9 Å². The Kier molecular flexibility index (Phi) is 8.77. The highest BCUT2D eigenvalue weighted by molar-refractivity contribution is 6.36. The number of hydrogen-bond donors (Lipinski definition) is 4. The molecule has 0 bridgehead atoms. The van der Waals surface area contributed by atoms with Gasteiger partial charge in [0, 0.05) is 35.5 Å². The van der Waals surface area contributed by atoms with Gasteiger partial charge in [-0.25, -0.2) is 20.2 Å². The summed E-state index contributed by atoms with van der Waals surface area (Å²) in [7, 11) is 0. The maximum atomic E-state index is 13.0. The number of aromatic nitrogens is 2. The predicted octanol–water partition coefficient (Wildman–Crippen LogP) is 3.31. The second-order valence-electron chi connectivity index (χ2n) is 8.71. The summed E-state index contributed by atoms with van der Waals surface area (Å²) >= 11 is 12.7. The highest BCUT2D eigenvalue weighted by Gasteiger charge is 2.27.